The number of para-hydroxylation sites is 1. The first-order valence-electron chi connectivity index (χ1n) is 7.79. The molecule has 0 saturated carbocycles. The van der Waals surface area contributed by atoms with E-state index in [-0.39, 0.29) is 5.91 Å². The lowest BCUT2D eigenvalue weighted by atomic mass is 10.2. The Hall–Kier alpha value is -1.36. The van der Waals surface area contributed by atoms with Gasteiger partial charge in [-0.3, -0.25) is 4.79 Å². The molecule has 0 aliphatic carbocycles. The molecule has 3 rings (SSSR count). The van der Waals surface area contributed by atoms with E-state index < -0.39 is 0 Å². The highest BCUT2D eigenvalue weighted by Crippen LogP contribution is 2.30. The Kier molecular flexibility index (Phi) is 5.93. The van der Waals surface area contributed by atoms with Crippen molar-refractivity contribution in [3.8, 4) is 0 Å². The molecule has 3 nitrogen and oxygen atoms in total. The summed E-state index contributed by atoms with van der Waals surface area (Å²) >= 11 is 13.6. The molecule has 1 amide bonds. The van der Waals surface area contributed by atoms with Gasteiger partial charge in [0.15, 0.2) is 0 Å². The summed E-state index contributed by atoms with van der Waals surface area (Å²) in [5.74, 6) is 0.523. The minimum atomic E-state index is 0.142. The van der Waals surface area contributed by atoms with E-state index in [2.05, 4.69) is 17.0 Å². The van der Waals surface area contributed by atoms with Gasteiger partial charge in [0.25, 0.3) is 0 Å². The fraction of sp³-hybridized carbons (Fsp3) is 0.278. The number of nitrogens with zero attached hydrogens (tertiary/aromatic N) is 2. The topological polar surface area (TPSA) is 23.6 Å². The molecule has 1 saturated heterocycles. The molecule has 126 valence electrons. The van der Waals surface area contributed by atoms with Crippen LogP contribution in [0.2, 0.25) is 10.0 Å². The van der Waals surface area contributed by atoms with Crippen LogP contribution in [-0.4, -0.2) is 42.7 Å². The van der Waals surface area contributed by atoms with Crippen LogP contribution in [0.1, 0.15) is 0 Å². The van der Waals surface area contributed by atoms with Crippen molar-refractivity contribution in [3.63, 3.8) is 0 Å². The molecular formula is C18H18Cl2N2OS. The molecule has 0 radical (unpaired) electrons. The summed E-state index contributed by atoms with van der Waals surface area (Å²) in [6.07, 6.45) is 0. The summed E-state index contributed by atoms with van der Waals surface area (Å²) in [6, 6.07) is 15.6. The largest absolute Gasteiger partial charge is 0.368 e. The number of rotatable bonds is 4. The van der Waals surface area contributed by atoms with Crippen LogP contribution in [0.4, 0.5) is 5.69 Å². The van der Waals surface area contributed by atoms with Gasteiger partial charge in [0.1, 0.15) is 0 Å². The molecule has 1 heterocycles. The predicted octanol–water partition coefficient (Wildman–Crippen LogP) is 4.43. The van der Waals surface area contributed by atoms with Crippen LogP contribution in [0.3, 0.4) is 0 Å². The third-order valence-electron chi connectivity index (χ3n) is 4.00. The van der Waals surface area contributed by atoms with Gasteiger partial charge in [-0.25, -0.2) is 0 Å². The Morgan fingerprint density at radius 2 is 1.71 bits per heavy atom. The highest BCUT2D eigenvalue weighted by atomic mass is 35.5. The van der Waals surface area contributed by atoms with Crippen LogP contribution in [0, 0.1) is 0 Å². The number of benzene rings is 2. The summed E-state index contributed by atoms with van der Waals surface area (Å²) in [7, 11) is 0. The van der Waals surface area contributed by atoms with Crippen LogP contribution in [0.15, 0.2) is 53.4 Å². The number of halogens is 2. The first kappa shape index (κ1) is 17.5. The van der Waals surface area contributed by atoms with Crippen molar-refractivity contribution in [2.75, 3.05) is 36.8 Å². The second-order valence-electron chi connectivity index (χ2n) is 5.57. The molecule has 2 aromatic rings. The monoisotopic (exact) mass is 380 g/mol. The minimum absolute atomic E-state index is 0.142. The first-order valence-corrected chi connectivity index (χ1v) is 9.53. The standard InChI is InChI=1S/C18H18Cl2N2OS/c19-14-6-7-16(20)17(12-14)24-13-18(23)22-10-8-21(9-11-22)15-4-2-1-3-5-15/h1-7,12H,8-11,13H2. The van der Waals surface area contributed by atoms with Gasteiger partial charge in [-0.1, -0.05) is 41.4 Å². The lowest BCUT2D eigenvalue weighted by Gasteiger charge is -2.36. The van der Waals surface area contributed by atoms with E-state index in [1.807, 2.05) is 23.1 Å². The molecule has 1 aliphatic rings. The van der Waals surface area contributed by atoms with Crippen LogP contribution in [-0.2, 0) is 4.79 Å². The summed E-state index contributed by atoms with van der Waals surface area (Å²) < 4.78 is 0. The van der Waals surface area contributed by atoms with Gasteiger partial charge >= 0.3 is 0 Å². The van der Waals surface area contributed by atoms with E-state index in [1.165, 1.54) is 17.4 Å². The second-order valence-corrected chi connectivity index (χ2v) is 7.43. The maximum atomic E-state index is 12.4. The molecule has 0 aromatic heterocycles. The third-order valence-corrected chi connectivity index (χ3v) is 5.71. The van der Waals surface area contributed by atoms with Crippen molar-refractivity contribution in [1.29, 1.82) is 0 Å². The van der Waals surface area contributed by atoms with Crippen LogP contribution < -0.4 is 4.90 Å². The van der Waals surface area contributed by atoms with Crippen molar-refractivity contribution in [2.45, 2.75) is 4.90 Å². The van der Waals surface area contributed by atoms with Gasteiger partial charge in [0.2, 0.25) is 5.91 Å². The smallest absolute Gasteiger partial charge is 0.233 e. The molecule has 0 unspecified atom stereocenters. The summed E-state index contributed by atoms with van der Waals surface area (Å²) in [5.41, 5.74) is 1.21. The van der Waals surface area contributed by atoms with Gasteiger partial charge in [0, 0.05) is 41.8 Å². The fourth-order valence-electron chi connectivity index (χ4n) is 2.67. The van der Waals surface area contributed by atoms with E-state index in [0.717, 1.165) is 31.1 Å². The molecule has 0 atom stereocenters. The predicted molar refractivity (Wildman–Crippen MR) is 102 cm³/mol. The molecule has 0 bridgehead atoms. The average molecular weight is 381 g/mol. The summed E-state index contributed by atoms with van der Waals surface area (Å²) in [5, 5.41) is 1.26. The number of thioether (sulfide) groups is 1. The zero-order valence-electron chi connectivity index (χ0n) is 13.1. The van der Waals surface area contributed by atoms with E-state index in [0.29, 0.717) is 15.8 Å². The maximum Gasteiger partial charge on any atom is 0.233 e. The second kappa shape index (κ2) is 8.15. The van der Waals surface area contributed by atoms with Crippen LogP contribution >= 0.6 is 35.0 Å². The molecule has 6 heteroatoms. The molecule has 0 spiro atoms. The van der Waals surface area contributed by atoms with Gasteiger partial charge in [-0.2, -0.15) is 0 Å². The molecule has 24 heavy (non-hydrogen) atoms. The Balaban J connectivity index is 1.51. The number of piperazine rings is 1. The van der Waals surface area contributed by atoms with Crippen molar-refractivity contribution in [1.82, 2.24) is 4.90 Å². The van der Waals surface area contributed by atoms with Crippen molar-refractivity contribution >= 4 is 46.6 Å². The van der Waals surface area contributed by atoms with E-state index >= 15 is 0 Å². The zero-order chi connectivity index (χ0) is 16.9. The van der Waals surface area contributed by atoms with Gasteiger partial charge in [0.05, 0.1) is 10.8 Å². The lowest BCUT2D eigenvalue weighted by molar-refractivity contribution is -0.128. The van der Waals surface area contributed by atoms with Crippen LogP contribution in [0.5, 0.6) is 0 Å². The van der Waals surface area contributed by atoms with Crippen molar-refractivity contribution in [2.24, 2.45) is 0 Å². The lowest BCUT2D eigenvalue weighted by Crippen LogP contribution is -2.49. The van der Waals surface area contributed by atoms with Crippen molar-refractivity contribution < 1.29 is 4.79 Å². The fourth-order valence-corrected chi connectivity index (χ4v) is 4.07. The number of amides is 1. The van der Waals surface area contributed by atoms with E-state index in [4.69, 9.17) is 23.2 Å². The number of anilines is 1. The third kappa shape index (κ3) is 4.38. The van der Waals surface area contributed by atoms with Crippen LogP contribution in [0.25, 0.3) is 0 Å². The number of carbonyl (C=O) groups is 1. The molecule has 1 fully saturated rings. The Bertz CT molecular complexity index is 703. The van der Waals surface area contributed by atoms with Gasteiger partial charge in [-0.15, -0.1) is 11.8 Å². The number of hydrogen-bond donors (Lipinski definition) is 0. The summed E-state index contributed by atoms with van der Waals surface area (Å²) in [6.45, 7) is 3.21. The van der Waals surface area contributed by atoms with Gasteiger partial charge < -0.3 is 9.80 Å². The zero-order valence-corrected chi connectivity index (χ0v) is 15.4. The van der Waals surface area contributed by atoms with Gasteiger partial charge in [-0.05, 0) is 30.3 Å². The van der Waals surface area contributed by atoms with E-state index in [9.17, 15) is 4.79 Å². The van der Waals surface area contributed by atoms with E-state index in [1.54, 1.807) is 18.2 Å². The minimum Gasteiger partial charge on any atom is -0.368 e. The first-order chi connectivity index (χ1) is 11.6. The Morgan fingerprint density at radius 1 is 1.00 bits per heavy atom. The summed E-state index contributed by atoms with van der Waals surface area (Å²) in [4.78, 5) is 17.5. The molecule has 1 aliphatic heterocycles. The number of hydrogen-bond acceptors (Lipinski definition) is 3. The van der Waals surface area contributed by atoms with Crippen molar-refractivity contribution in [3.05, 3.63) is 58.6 Å². The average Bonchev–Trinajstić information content (AvgIpc) is 2.63. The SMILES string of the molecule is O=C(CSc1cc(Cl)ccc1Cl)N1CCN(c2ccccc2)CC1. The quantitative estimate of drug-likeness (QED) is 0.732. The Labute approximate surface area is 156 Å². The molecule has 0 N–H and O–H groups in total. The highest BCUT2D eigenvalue weighted by molar-refractivity contribution is 8.00. The molecule has 2 aromatic carbocycles. The highest BCUT2D eigenvalue weighted by Gasteiger charge is 2.21. The number of carbonyl (C=O) groups excluding carboxylic acids is 1. The normalized spacial score (nSPS) is 14.8. The molecular weight excluding hydrogens is 363 g/mol. The maximum absolute atomic E-state index is 12.4. The Morgan fingerprint density at radius 3 is 2.42 bits per heavy atom.